The summed E-state index contributed by atoms with van der Waals surface area (Å²) in [6.45, 7) is 7.99. The summed E-state index contributed by atoms with van der Waals surface area (Å²) in [6.07, 6.45) is 3.02. The third-order valence-electron chi connectivity index (χ3n) is 6.09. The van der Waals surface area contributed by atoms with E-state index in [0.29, 0.717) is 49.7 Å². The summed E-state index contributed by atoms with van der Waals surface area (Å²) in [5.41, 5.74) is 0.244. The quantitative estimate of drug-likeness (QED) is 0.727. The van der Waals surface area contributed by atoms with Crippen LogP contribution in [0.15, 0.2) is 23.1 Å². The van der Waals surface area contributed by atoms with Gasteiger partial charge in [-0.2, -0.15) is 4.31 Å². The first kappa shape index (κ1) is 23.1. The number of nitrogens with zero attached hydrogens (tertiary/aromatic N) is 3. The Balaban J connectivity index is 1.41. The Hall–Kier alpha value is -2.04. The van der Waals surface area contributed by atoms with Gasteiger partial charge < -0.3 is 10.2 Å². The second-order valence-electron chi connectivity index (χ2n) is 9.57. The van der Waals surface area contributed by atoms with E-state index in [0.717, 1.165) is 17.5 Å². The van der Waals surface area contributed by atoms with Crippen LogP contribution in [0.4, 0.5) is 5.13 Å². The Morgan fingerprint density at radius 1 is 1.09 bits per heavy atom. The van der Waals surface area contributed by atoms with Crippen LogP contribution in [0.25, 0.3) is 10.2 Å². The van der Waals surface area contributed by atoms with Gasteiger partial charge in [0.25, 0.3) is 0 Å². The minimum Gasteiger partial charge on any atom is -0.342 e. The van der Waals surface area contributed by atoms with Crippen LogP contribution >= 0.6 is 11.3 Å². The SMILES string of the molecule is CC(C)(C)C(=O)N1CCC(C(=O)Nc2nc3ccc(S(=O)(=O)N4CCCC4)cc3s2)CC1. The molecule has 2 aliphatic rings. The van der Waals surface area contributed by atoms with Crippen molar-refractivity contribution in [1.29, 1.82) is 0 Å². The van der Waals surface area contributed by atoms with Gasteiger partial charge in [0, 0.05) is 37.5 Å². The van der Waals surface area contributed by atoms with E-state index in [1.54, 1.807) is 18.2 Å². The van der Waals surface area contributed by atoms with Crippen molar-refractivity contribution in [3.05, 3.63) is 18.2 Å². The molecule has 1 aromatic heterocycles. The average molecular weight is 479 g/mol. The number of piperidine rings is 1. The maximum atomic E-state index is 12.8. The number of hydrogen-bond donors (Lipinski definition) is 1. The van der Waals surface area contributed by atoms with Crippen LogP contribution in [0.2, 0.25) is 0 Å². The molecular formula is C22H30N4O4S2. The van der Waals surface area contributed by atoms with Crippen LogP contribution in [0.3, 0.4) is 0 Å². The van der Waals surface area contributed by atoms with E-state index in [9.17, 15) is 18.0 Å². The first-order valence-corrected chi connectivity index (χ1v) is 13.3. The Labute approximate surface area is 193 Å². The molecule has 0 spiro atoms. The molecule has 4 rings (SSSR count). The van der Waals surface area contributed by atoms with E-state index in [2.05, 4.69) is 10.3 Å². The molecule has 2 amide bonds. The van der Waals surface area contributed by atoms with Gasteiger partial charge in [-0.3, -0.25) is 9.59 Å². The number of carbonyl (C=O) groups is 2. The highest BCUT2D eigenvalue weighted by atomic mass is 32.2. The molecule has 1 aromatic carbocycles. The fourth-order valence-electron chi connectivity index (χ4n) is 4.22. The maximum Gasteiger partial charge on any atom is 0.243 e. The smallest absolute Gasteiger partial charge is 0.243 e. The molecule has 174 valence electrons. The van der Waals surface area contributed by atoms with Crippen LogP contribution < -0.4 is 5.32 Å². The van der Waals surface area contributed by atoms with Crippen LogP contribution in [-0.4, -0.2) is 60.6 Å². The maximum absolute atomic E-state index is 12.8. The van der Waals surface area contributed by atoms with Crippen LogP contribution in [-0.2, 0) is 19.6 Å². The number of amides is 2. The Morgan fingerprint density at radius 2 is 1.75 bits per heavy atom. The van der Waals surface area contributed by atoms with Crippen molar-refractivity contribution in [2.45, 2.75) is 51.3 Å². The lowest BCUT2D eigenvalue weighted by atomic mass is 9.91. The van der Waals surface area contributed by atoms with E-state index < -0.39 is 15.4 Å². The van der Waals surface area contributed by atoms with Gasteiger partial charge in [0.1, 0.15) is 0 Å². The molecule has 2 saturated heterocycles. The first-order chi connectivity index (χ1) is 15.1. The zero-order chi connectivity index (χ0) is 23.1. The van der Waals surface area contributed by atoms with E-state index >= 15 is 0 Å². The molecule has 2 aliphatic heterocycles. The number of thiazole rings is 1. The van der Waals surface area contributed by atoms with Crippen molar-refractivity contribution in [3.8, 4) is 0 Å². The van der Waals surface area contributed by atoms with Gasteiger partial charge in [-0.05, 0) is 43.9 Å². The molecule has 0 aliphatic carbocycles. The second kappa shape index (κ2) is 8.72. The van der Waals surface area contributed by atoms with Gasteiger partial charge in [0.2, 0.25) is 21.8 Å². The van der Waals surface area contributed by atoms with Gasteiger partial charge in [-0.15, -0.1) is 0 Å². The van der Waals surface area contributed by atoms with Crippen molar-refractivity contribution >= 4 is 48.5 Å². The van der Waals surface area contributed by atoms with Crippen molar-refractivity contribution in [2.24, 2.45) is 11.3 Å². The number of anilines is 1. The largest absolute Gasteiger partial charge is 0.342 e. The predicted molar refractivity (Wildman–Crippen MR) is 125 cm³/mol. The number of sulfonamides is 1. The highest BCUT2D eigenvalue weighted by molar-refractivity contribution is 7.89. The molecule has 10 heteroatoms. The number of rotatable bonds is 4. The Bertz CT molecular complexity index is 1120. The Morgan fingerprint density at radius 3 is 2.38 bits per heavy atom. The number of aromatic nitrogens is 1. The highest BCUT2D eigenvalue weighted by Gasteiger charge is 2.33. The molecule has 32 heavy (non-hydrogen) atoms. The molecule has 8 nitrogen and oxygen atoms in total. The van der Waals surface area contributed by atoms with E-state index in [1.807, 2.05) is 25.7 Å². The van der Waals surface area contributed by atoms with Crippen molar-refractivity contribution in [1.82, 2.24) is 14.2 Å². The highest BCUT2D eigenvalue weighted by Crippen LogP contribution is 2.31. The Kier molecular flexibility index (Phi) is 6.30. The molecule has 1 N–H and O–H groups in total. The van der Waals surface area contributed by atoms with E-state index in [4.69, 9.17) is 0 Å². The summed E-state index contributed by atoms with van der Waals surface area (Å²) in [5.74, 6) is -0.156. The van der Waals surface area contributed by atoms with Gasteiger partial charge in [-0.1, -0.05) is 32.1 Å². The summed E-state index contributed by atoms with van der Waals surface area (Å²) >= 11 is 1.28. The van der Waals surface area contributed by atoms with Crippen molar-refractivity contribution in [3.63, 3.8) is 0 Å². The molecule has 0 atom stereocenters. The number of carbonyl (C=O) groups excluding carboxylic acids is 2. The summed E-state index contributed by atoms with van der Waals surface area (Å²) in [6, 6.07) is 4.93. The summed E-state index contributed by atoms with van der Waals surface area (Å²) < 4.78 is 27.9. The van der Waals surface area contributed by atoms with Gasteiger partial charge in [-0.25, -0.2) is 13.4 Å². The summed E-state index contributed by atoms with van der Waals surface area (Å²) in [4.78, 5) is 31.8. The normalized spacial score (nSPS) is 18.9. The molecule has 0 radical (unpaired) electrons. The molecule has 2 aromatic rings. The van der Waals surface area contributed by atoms with E-state index in [1.165, 1.54) is 15.6 Å². The van der Waals surface area contributed by atoms with Gasteiger partial charge in [0.05, 0.1) is 15.1 Å². The monoisotopic (exact) mass is 478 g/mol. The average Bonchev–Trinajstić information content (AvgIpc) is 3.42. The zero-order valence-electron chi connectivity index (χ0n) is 18.8. The van der Waals surface area contributed by atoms with Crippen molar-refractivity contribution < 1.29 is 18.0 Å². The summed E-state index contributed by atoms with van der Waals surface area (Å²) in [7, 11) is -3.49. The first-order valence-electron chi connectivity index (χ1n) is 11.1. The zero-order valence-corrected chi connectivity index (χ0v) is 20.4. The lowest BCUT2D eigenvalue weighted by Crippen LogP contribution is -2.45. The molecule has 0 bridgehead atoms. The van der Waals surface area contributed by atoms with Crippen LogP contribution in [0, 0.1) is 11.3 Å². The lowest BCUT2D eigenvalue weighted by molar-refractivity contribution is -0.142. The number of benzene rings is 1. The summed E-state index contributed by atoms with van der Waals surface area (Å²) in [5, 5.41) is 3.36. The fraction of sp³-hybridized carbons (Fsp3) is 0.591. The lowest BCUT2D eigenvalue weighted by Gasteiger charge is -2.35. The predicted octanol–water partition coefficient (Wildman–Crippen LogP) is 3.30. The minimum absolute atomic E-state index is 0.100. The number of nitrogens with one attached hydrogen (secondary N) is 1. The van der Waals surface area contributed by atoms with Crippen LogP contribution in [0.5, 0.6) is 0 Å². The molecule has 0 saturated carbocycles. The third-order valence-corrected chi connectivity index (χ3v) is 8.92. The fourth-order valence-corrected chi connectivity index (χ4v) is 6.75. The molecule has 3 heterocycles. The molecular weight excluding hydrogens is 448 g/mol. The van der Waals surface area contributed by atoms with Gasteiger partial charge in [0.15, 0.2) is 5.13 Å². The van der Waals surface area contributed by atoms with E-state index in [-0.39, 0.29) is 22.6 Å². The molecule has 2 fully saturated rings. The number of hydrogen-bond acceptors (Lipinski definition) is 6. The van der Waals surface area contributed by atoms with Gasteiger partial charge >= 0.3 is 0 Å². The second-order valence-corrected chi connectivity index (χ2v) is 12.5. The minimum atomic E-state index is -3.49. The number of likely N-dealkylation sites (tertiary alicyclic amines) is 1. The van der Waals surface area contributed by atoms with Crippen molar-refractivity contribution in [2.75, 3.05) is 31.5 Å². The number of fused-ring (bicyclic) bond motifs is 1. The molecule has 0 unspecified atom stereocenters. The topological polar surface area (TPSA) is 99.7 Å². The third kappa shape index (κ3) is 4.67. The van der Waals surface area contributed by atoms with Crippen LogP contribution in [0.1, 0.15) is 46.5 Å². The standard InChI is InChI=1S/C22H30N4O4S2/c1-22(2,3)20(28)25-12-8-15(9-13-25)19(27)24-21-23-17-7-6-16(14-18(17)31-21)32(29,30)26-10-4-5-11-26/h6-7,14-15H,4-5,8-13H2,1-3H3,(H,23,24,27).